The highest BCUT2D eigenvalue weighted by molar-refractivity contribution is 5.92. The van der Waals surface area contributed by atoms with Gasteiger partial charge in [0.1, 0.15) is 0 Å². The van der Waals surface area contributed by atoms with E-state index in [1.54, 1.807) is 0 Å². The van der Waals surface area contributed by atoms with E-state index in [2.05, 4.69) is 12.2 Å². The number of nitrogens with one attached hydrogen (secondary N) is 1. The maximum Gasteiger partial charge on any atom is 0.238 e. The highest BCUT2D eigenvalue weighted by Gasteiger charge is 2.09. The number of nitrogen functional groups attached to an aromatic ring is 1. The van der Waals surface area contributed by atoms with Gasteiger partial charge in [0.2, 0.25) is 5.91 Å². The van der Waals surface area contributed by atoms with Crippen molar-refractivity contribution in [2.24, 2.45) is 0 Å². The summed E-state index contributed by atoms with van der Waals surface area (Å²) in [7, 11) is 1.93. The number of nitrogens with zero attached hydrogens (tertiary/aromatic N) is 1. The summed E-state index contributed by atoms with van der Waals surface area (Å²) in [5, 5.41) is 2.98. The third-order valence-electron chi connectivity index (χ3n) is 3.49. The Kier molecular flexibility index (Phi) is 7.59. The molecule has 2 aromatic rings. The number of nitrogens with two attached hydrogens (primary N) is 1. The maximum atomic E-state index is 12.2. The number of anilines is 2. The van der Waals surface area contributed by atoms with Crippen LogP contribution in [0.15, 0.2) is 48.5 Å². The molecule has 0 aliphatic heterocycles. The SMILES string of the molecule is CCc1ccccc1NC(=O)CN(C)Cc1cccc(N)c1.Cl. The Morgan fingerprint density at radius 2 is 1.91 bits per heavy atom. The Bertz CT molecular complexity index is 646. The molecular weight excluding hydrogens is 310 g/mol. The second-order valence-corrected chi connectivity index (χ2v) is 5.48. The molecule has 0 saturated heterocycles. The molecule has 0 saturated carbocycles. The fourth-order valence-electron chi connectivity index (χ4n) is 2.44. The molecule has 4 nitrogen and oxygen atoms in total. The number of hydrogen-bond donors (Lipinski definition) is 2. The lowest BCUT2D eigenvalue weighted by molar-refractivity contribution is -0.117. The van der Waals surface area contributed by atoms with Gasteiger partial charge in [-0.05, 0) is 42.8 Å². The van der Waals surface area contributed by atoms with Crippen LogP contribution in [0, 0.1) is 0 Å². The predicted octanol–water partition coefficient (Wildman–Crippen LogP) is 3.32. The Morgan fingerprint density at radius 3 is 2.61 bits per heavy atom. The molecule has 0 fully saturated rings. The van der Waals surface area contributed by atoms with Gasteiger partial charge in [0.05, 0.1) is 6.54 Å². The van der Waals surface area contributed by atoms with Gasteiger partial charge < -0.3 is 11.1 Å². The van der Waals surface area contributed by atoms with Crippen LogP contribution < -0.4 is 11.1 Å². The minimum atomic E-state index is -0.00713. The van der Waals surface area contributed by atoms with Crippen molar-refractivity contribution in [3.8, 4) is 0 Å². The number of hydrogen-bond acceptors (Lipinski definition) is 3. The van der Waals surface area contributed by atoms with Crippen molar-refractivity contribution in [2.45, 2.75) is 19.9 Å². The Labute approximate surface area is 144 Å². The maximum absolute atomic E-state index is 12.2. The zero-order chi connectivity index (χ0) is 15.9. The van der Waals surface area contributed by atoms with Crippen LogP contribution in [-0.4, -0.2) is 24.4 Å². The van der Waals surface area contributed by atoms with E-state index in [9.17, 15) is 4.79 Å². The molecule has 0 unspecified atom stereocenters. The van der Waals surface area contributed by atoms with Crippen LogP contribution in [0.2, 0.25) is 0 Å². The molecule has 1 amide bonds. The summed E-state index contributed by atoms with van der Waals surface area (Å²) in [5.74, 6) is -0.00713. The highest BCUT2D eigenvalue weighted by Crippen LogP contribution is 2.15. The molecular formula is C18H24ClN3O. The first-order valence-corrected chi connectivity index (χ1v) is 7.49. The van der Waals surface area contributed by atoms with E-state index in [0.29, 0.717) is 13.1 Å². The number of para-hydroxylation sites is 1. The first kappa shape index (κ1) is 19.0. The van der Waals surface area contributed by atoms with E-state index in [0.717, 1.165) is 28.9 Å². The van der Waals surface area contributed by atoms with E-state index in [1.165, 1.54) is 0 Å². The summed E-state index contributed by atoms with van der Waals surface area (Å²) in [5.41, 5.74) is 9.66. The lowest BCUT2D eigenvalue weighted by Gasteiger charge is -2.17. The van der Waals surface area contributed by atoms with Gasteiger partial charge in [0.15, 0.2) is 0 Å². The van der Waals surface area contributed by atoms with E-state index in [1.807, 2.05) is 60.5 Å². The standard InChI is InChI=1S/C18H23N3O.ClH/c1-3-15-8-4-5-10-17(15)20-18(22)13-21(2)12-14-7-6-9-16(19)11-14;/h4-11H,3,12-13,19H2,1-2H3,(H,20,22);1H. The van der Waals surface area contributed by atoms with Crippen molar-refractivity contribution in [1.82, 2.24) is 4.90 Å². The largest absolute Gasteiger partial charge is 0.399 e. The molecule has 0 bridgehead atoms. The topological polar surface area (TPSA) is 58.4 Å². The molecule has 0 aliphatic rings. The van der Waals surface area contributed by atoms with Gasteiger partial charge >= 0.3 is 0 Å². The highest BCUT2D eigenvalue weighted by atomic mass is 35.5. The number of amides is 1. The van der Waals surface area contributed by atoms with Gasteiger partial charge in [-0.2, -0.15) is 0 Å². The van der Waals surface area contributed by atoms with Crippen LogP contribution in [0.1, 0.15) is 18.1 Å². The fourth-order valence-corrected chi connectivity index (χ4v) is 2.44. The molecule has 0 aromatic heterocycles. The summed E-state index contributed by atoms with van der Waals surface area (Å²) in [4.78, 5) is 14.1. The number of carbonyl (C=O) groups is 1. The van der Waals surface area contributed by atoms with Crippen LogP contribution in [0.25, 0.3) is 0 Å². The molecule has 5 heteroatoms. The molecule has 0 radical (unpaired) electrons. The Balaban J connectivity index is 0.00000264. The summed E-state index contributed by atoms with van der Waals surface area (Å²) in [6, 6.07) is 15.6. The van der Waals surface area contributed by atoms with E-state index in [-0.39, 0.29) is 18.3 Å². The molecule has 0 spiro atoms. The molecule has 3 N–H and O–H groups in total. The summed E-state index contributed by atoms with van der Waals surface area (Å²) < 4.78 is 0. The quantitative estimate of drug-likeness (QED) is 0.797. The zero-order valence-corrected chi connectivity index (χ0v) is 14.4. The second kappa shape index (κ2) is 9.18. The zero-order valence-electron chi connectivity index (χ0n) is 13.6. The number of rotatable bonds is 6. The summed E-state index contributed by atoms with van der Waals surface area (Å²) in [6.07, 6.45) is 0.898. The van der Waals surface area contributed by atoms with Crippen molar-refractivity contribution in [3.63, 3.8) is 0 Å². The number of aryl methyl sites for hydroxylation is 1. The van der Waals surface area contributed by atoms with Gasteiger partial charge in [-0.25, -0.2) is 0 Å². The molecule has 23 heavy (non-hydrogen) atoms. The van der Waals surface area contributed by atoms with Crippen LogP contribution in [0.5, 0.6) is 0 Å². The third-order valence-corrected chi connectivity index (χ3v) is 3.49. The second-order valence-electron chi connectivity index (χ2n) is 5.48. The predicted molar refractivity (Wildman–Crippen MR) is 98.9 cm³/mol. The van der Waals surface area contributed by atoms with Crippen molar-refractivity contribution < 1.29 is 4.79 Å². The van der Waals surface area contributed by atoms with Crippen LogP contribution in [0.4, 0.5) is 11.4 Å². The third kappa shape index (κ3) is 5.93. The Hall–Kier alpha value is -2.04. The molecule has 2 aromatic carbocycles. The summed E-state index contributed by atoms with van der Waals surface area (Å²) >= 11 is 0. The number of benzene rings is 2. The minimum absolute atomic E-state index is 0. The molecule has 2 rings (SSSR count). The van der Waals surface area contributed by atoms with Crippen molar-refractivity contribution in [1.29, 1.82) is 0 Å². The van der Waals surface area contributed by atoms with E-state index >= 15 is 0 Å². The first-order valence-electron chi connectivity index (χ1n) is 7.49. The molecule has 0 aliphatic carbocycles. The molecule has 0 heterocycles. The number of carbonyl (C=O) groups excluding carboxylic acids is 1. The van der Waals surface area contributed by atoms with Gasteiger partial charge in [-0.15, -0.1) is 12.4 Å². The molecule has 0 atom stereocenters. The monoisotopic (exact) mass is 333 g/mol. The van der Waals surface area contributed by atoms with Gasteiger partial charge in [-0.3, -0.25) is 9.69 Å². The number of halogens is 1. The Morgan fingerprint density at radius 1 is 1.17 bits per heavy atom. The summed E-state index contributed by atoms with van der Waals surface area (Å²) in [6.45, 7) is 3.11. The smallest absolute Gasteiger partial charge is 0.238 e. The van der Waals surface area contributed by atoms with E-state index < -0.39 is 0 Å². The van der Waals surface area contributed by atoms with Gasteiger partial charge in [-0.1, -0.05) is 37.3 Å². The van der Waals surface area contributed by atoms with Crippen molar-refractivity contribution in [3.05, 3.63) is 59.7 Å². The number of likely N-dealkylation sites (N-methyl/N-ethyl adjacent to an activating group) is 1. The average molecular weight is 334 g/mol. The first-order chi connectivity index (χ1) is 10.6. The van der Waals surface area contributed by atoms with Crippen LogP contribution in [-0.2, 0) is 17.8 Å². The van der Waals surface area contributed by atoms with Crippen molar-refractivity contribution >= 4 is 29.7 Å². The van der Waals surface area contributed by atoms with Crippen molar-refractivity contribution in [2.75, 3.05) is 24.6 Å². The van der Waals surface area contributed by atoms with E-state index in [4.69, 9.17) is 5.73 Å². The molecule has 124 valence electrons. The lowest BCUT2D eigenvalue weighted by Crippen LogP contribution is -2.30. The van der Waals surface area contributed by atoms with Crippen LogP contribution >= 0.6 is 12.4 Å². The minimum Gasteiger partial charge on any atom is -0.399 e. The fraction of sp³-hybridized carbons (Fsp3) is 0.278. The van der Waals surface area contributed by atoms with Crippen LogP contribution in [0.3, 0.4) is 0 Å². The van der Waals surface area contributed by atoms with Gasteiger partial charge in [0, 0.05) is 17.9 Å². The van der Waals surface area contributed by atoms with Gasteiger partial charge in [0.25, 0.3) is 0 Å². The normalized spacial score (nSPS) is 10.2. The lowest BCUT2D eigenvalue weighted by atomic mass is 10.1. The average Bonchev–Trinajstić information content (AvgIpc) is 2.47.